The minimum Gasteiger partial charge on any atom is -0.491 e. The number of carboxylic acids is 1. The van der Waals surface area contributed by atoms with Crippen LogP contribution < -0.4 is 4.74 Å². The Morgan fingerprint density at radius 2 is 2.35 bits per heavy atom. The van der Waals surface area contributed by atoms with E-state index in [1.165, 1.54) is 6.08 Å². The Morgan fingerprint density at radius 3 is 3.00 bits per heavy atom. The molecule has 0 saturated heterocycles. The monoisotopic (exact) mass is 233 g/mol. The number of carboxylic acid groups (broad SMARTS) is 1. The van der Waals surface area contributed by atoms with Crippen molar-refractivity contribution in [3.05, 3.63) is 42.3 Å². The number of pyridine rings is 1. The number of aromatic nitrogens is 1. The summed E-state index contributed by atoms with van der Waals surface area (Å²) in [6, 6.07) is 3.61. The highest BCUT2D eigenvalue weighted by atomic mass is 16.5. The molecule has 90 valence electrons. The standard InChI is InChI=1S/C13H15NO3/c1-3-4-9-17-12-7-5-10(2)14-11(12)6-8-13(15)16/h3,5-8H,1,4,9H2,2H3,(H,15,16). The van der Waals surface area contributed by atoms with Crippen molar-refractivity contribution in [3.63, 3.8) is 0 Å². The first kappa shape index (κ1) is 13.0. The summed E-state index contributed by atoms with van der Waals surface area (Å²) in [6.07, 6.45) is 4.96. The molecular formula is C13H15NO3. The maximum Gasteiger partial charge on any atom is 0.328 e. The molecule has 0 aliphatic rings. The fourth-order valence-electron chi connectivity index (χ4n) is 1.21. The van der Waals surface area contributed by atoms with Crippen molar-refractivity contribution >= 4 is 12.0 Å². The fourth-order valence-corrected chi connectivity index (χ4v) is 1.21. The zero-order chi connectivity index (χ0) is 12.7. The highest BCUT2D eigenvalue weighted by molar-refractivity contribution is 5.85. The first-order valence-electron chi connectivity index (χ1n) is 5.26. The van der Waals surface area contributed by atoms with Gasteiger partial charge in [-0.25, -0.2) is 9.78 Å². The SMILES string of the molecule is C=CCCOc1ccc(C)nc1C=CC(=O)O. The number of hydrogen-bond donors (Lipinski definition) is 1. The van der Waals surface area contributed by atoms with Crippen molar-refractivity contribution in [2.75, 3.05) is 6.61 Å². The molecule has 0 fully saturated rings. The van der Waals surface area contributed by atoms with Gasteiger partial charge in [-0.1, -0.05) is 6.08 Å². The van der Waals surface area contributed by atoms with Crippen LogP contribution >= 0.6 is 0 Å². The molecule has 0 spiro atoms. The summed E-state index contributed by atoms with van der Waals surface area (Å²) in [7, 11) is 0. The first-order valence-corrected chi connectivity index (χ1v) is 5.26. The van der Waals surface area contributed by atoms with Crippen LogP contribution in [-0.2, 0) is 4.79 Å². The van der Waals surface area contributed by atoms with Crippen LogP contribution in [0.15, 0.2) is 30.9 Å². The van der Waals surface area contributed by atoms with Gasteiger partial charge in [0.2, 0.25) is 0 Å². The minimum absolute atomic E-state index is 0.502. The van der Waals surface area contributed by atoms with E-state index in [1.54, 1.807) is 12.1 Å². The summed E-state index contributed by atoms with van der Waals surface area (Å²) in [5.74, 6) is -0.430. The minimum atomic E-state index is -1.01. The van der Waals surface area contributed by atoms with Gasteiger partial charge in [-0.2, -0.15) is 0 Å². The van der Waals surface area contributed by atoms with E-state index in [0.717, 1.165) is 18.2 Å². The Kier molecular flexibility index (Phi) is 4.94. The lowest BCUT2D eigenvalue weighted by molar-refractivity contribution is -0.131. The van der Waals surface area contributed by atoms with Gasteiger partial charge in [0, 0.05) is 11.8 Å². The van der Waals surface area contributed by atoms with Crippen LogP contribution in [0.5, 0.6) is 5.75 Å². The van der Waals surface area contributed by atoms with Crippen LogP contribution in [0.1, 0.15) is 17.8 Å². The molecule has 0 amide bonds. The van der Waals surface area contributed by atoms with Gasteiger partial charge in [0.05, 0.1) is 6.61 Å². The van der Waals surface area contributed by atoms with E-state index >= 15 is 0 Å². The quantitative estimate of drug-likeness (QED) is 0.465. The molecule has 1 aromatic rings. The van der Waals surface area contributed by atoms with Crippen LogP contribution in [0.25, 0.3) is 6.08 Å². The average Bonchev–Trinajstić information content (AvgIpc) is 2.29. The Balaban J connectivity index is 2.87. The lowest BCUT2D eigenvalue weighted by Gasteiger charge is -2.07. The zero-order valence-electron chi connectivity index (χ0n) is 9.72. The summed E-state index contributed by atoms with van der Waals surface area (Å²) >= 11 is 0. The fraction of sp³-hybridized carbons (Fsp3) is 0.231. The average molecular weight is 233 g/mol. The number of carbonyl (C=O) groups is 1. The molecule has 0 unspecified atom stereocenters. The number of nitrogens with zero attached hydrogens (tertiary/aromatic N) is 1. The third-order valence-corrected chi connectivity index (χ3v) is 1.99. The van der Waals surface area contributed by atoms with Crippen LogP contribution in [-0.4, -0.2) is 22.7 Å². The Bertz CT molecular complexity index is 438. The second-order valence-corrected chi connectivity index (χ2v) is 3.43. The Labute approximate surface area is 100 Å². The van der Waals surface area contributed by atoms with Crippen LogP contribution in [0, 0.1) is 6.92 Å². The molecule has 1 rings (SSSR count). The molecule has 4 heteroatoms. The Morgan fingerprint density at radius 1 is 1.59 bits per heavy atom. The highest BCUT2D eigenvalue weighted by Crippen LogP contribution is 2.18. The van der Waals surface area contributed by atoms with E-state index in [4.69, 9.17) is 9.84 Å². The predicted molar refractivity (Wildman–Crippen MR) is 66.0 cm³/mol. The van der Waals surface area contributed by atoms with Crippen molar-refractivity contribution < 1.29 is 14.6 Å². The number of ether oxygens (including phenoxy) is 1. The summed E-state index contributed by atoms with van der Waals surface area (Å²) in [4.78, 5) is 14.7. The molecule has 0 aliphatic carbocycles. The molecule has 0 bridgehead atoms. The van der Waals surface area contributed by atoms with Gasteiger partial charge >= 0.3 is 5.97 Å². The van der Waals surface area contributed by atoms with E-state index in [9.17, 15) is 4.79 Å². The zero-order valence-corrected chi connectivity index (χ0v) is 9.72. The topological polar surface area (TPSA) is 59.4 Å². The van der Waals surface area contributed by atoms with E-state index in [1.807, 2.05) is 13.0 Å². The summed E-state index contributed by atoms with van der Waals surface area (Å²) in [5, 5.41) is 8.58. The maximum atomic E-state index is 10.5. The molecule has 1 heterocycles. The third kappa shape index (κ3) is 4.51. The summed E-state index contributed by atoms with van der Waals surface area (Å²) < 4.78 is 5.49. The molecule has 0 atom stereocenters. The Hall–Kier alpha value is -2.10. The predicted octanol–water partition coefficient (Wildman–Crippen LogP) is 2.44. The first-order chi connectivity index (χ1) is 8.13. The third-order valence-electron chi connectivity index (χ3n) is 1.99. The number of rotatable bonds is 6. The van der Waals surface area contributed by atoms with Gasteiger partial charge in [0.25, 0.3) is 0 Å². The van der Waals surface area contributed by atoms with Crippen molar-refractivity contribution in [2.24, 2.45) is 0 Å². The lowest BCUT2D eigenvalue weighted by Crippen LogP contribution is -2.00. The lowest BCUT2D eigenvalue weighted by atomic mass is 10.2. The molecule has 1 aromatic heterocycles. The maximum absolute atomic E-state index is 10.5. The number of aliphatic carboxylic acids is 1. The largest absolute Gasteiger partial charge is 0.491 e. The normalized spacial score (nSPS) is 10.4. The number of aryl methyl sites for hydroxylation is 1. The van der Waals surface area contributed by atoms with Crippen molar-refractivity contribution in [1.29, 1.82) is 0 Å². The molecule has 0 aromatic carbocycles. The van der Waals surface area contributed by atoms with Crippen molar-refractivity contribution in [1.82, 2.24) is 4.98 Å². The van der Waals surface area contributed by atoms with E-state index in [-0.39, 0.29) is 0 Å². The number of hydrogen-bond acceptors (Lipinski definition) is 3. The molecule has 17 heavy (non-hydrogen) atoms. The summed E-state index contributed by atoms with van der Waals surface area (Å²) in [5.41, 5.74) is 1.34. The van der Waals surface area contributed by atoms with Crippen molar-refractivity contribution in [3.8, 4) is 5.75 Å². The van der Waals surface area contributed by atoms with Gasteiger partial charge in [0.15, 0.2) is 0 Å². The molecule has 1 N–H and O–H groups in total. The smallest absolute Gasteiger partial charge is 0.328 e. The second kappa shape index (κ2) is 6.48. The molecule has 0 radical (unpaired) electrons. The van der Waals surface area contributed by atoms with Crippen LogP contribution in [0.3, 0.4) is 0 Å². The summed E-state index contributed by atoms with van der Waals surface area (Å²) in [6.45, 7) is 5.94. The second-order valence-electron chi connectivity index (χ2n) is 3.43. The van der Waals surface area contributed by atoms with Gasteiger partial charge in [-0.3, -0.25) is 0 Å². The van der Waals surface area contributed by atoms with Crippen molar-refractivity contribution in [2.45, 2.75) is 13.3 Å². The molecule has 0 saturated carbocycles. The van der Waals surface area contributed by atoms with Gasteiger partial charge < -0.3 is 9.84 Å². The highest BCUT2D eigenvalue weighted by Gasteiger charge is 2.03. The molecular weight excluding hydrogens is 218 g/mol. The van der Waals surface area contributed by atoms with Gasteiger partial charge in [-0.15, -0.1) is 6.58 Å². The van der Waals surface area contributed by atoms with Gasteiger partial charge in [0.1, 0.15) is 11.4 Å². The van der Waals surface area contributed by atoms with Crippen LogP contribution in [0.2, 0.25) is 0 Å². The van der Waals surface area contributed by atoms with E-state index in [2.05, 4.69) is 11.6 Å². The van der Waals surface area contributed by atoms with Gasteiger partial charge in [-0.05, 0) is 31.6 Å². The van der Waals surface area contributed by atoms with E-state index in [0.29, 0.717) is 18.1 Å². The van der Waals surface area contributed by atoms with E-state index < -0.39 is 5.97 Å². The van der Waals surface area contributed by atoms with Crippen LogP contribution in [0.4, 0.5) is 0 Å². The molecule has 4 nitrogen and oxygen atoms in total. The molecule has 0 aliphatic heterocycles.